The van der Waals surface area contributed by atoms with E-state index in [0.29, 0.717) is 13.1 Å². The second kappa shape index (κ2) is 6.75. The number of aliphatic carboxylic acids is 1. The van der Waals surface area contributed by atoms with E-state index in [4.69, 9.17) is 9.84 Å². The Morgan fingerprint density at radius 1 is 1.47 bits per heavy atom. The van der Waals surface area contributed by atoms with E-state index in [0.717, 1.165) is 19.3 Å². The molecule has 1 aliphatic carbocycles. The van der Waals surface area contributed by atoms with Crippen LogP contribution in [0.25, 0.3) is 0 Å². The molecule has 0 bridgehead atoms. The zero-order valence-corrected chi connectivity index (χ0v) is 11.9. The first-order valence-corrected chi connectivity index (χ1v) is 6.75. The average molecular weight is 272 g/mol. The highest BCUT2D eigenvalue weighted by Gasteiger charge is 2.37. The van der Waals surface area contributed by atoms with Crippen molar-refractivity contribution in [1.82, 2.24) is 10.2 Å². The second-order valence-corrected chi connectivity index (χ2v) is 5.13. The summed E-state index contributed by atoms with van der Waals surface area (Å²) in [6, 6.07) is -0.540. The fourth-order valence-electron chi connectivity index (χ4n) is 2.38. The van der Waals surface area contributed by atoms with Gasteiger partial charge in [-0.2, -0.15) is 0 Å². The first-order valence-electron chi connectivity index (χ1n) is 6.75. The number of nitrogens with zero attached hydrogens (tertiary/aromatic N) is 1. The molecule has 0 aromatic carbocycles. The van der Waals surface area contributed by atoms with Gasteiger partial charge in [0.1, 0.15) is 0 Å². The maximum Gasteiger partial charge on any atom is 0.317 e. The van der Waals surface area contributed by atoms with Gasteiger partial charge in [0, 0.05) is 26.2 Å². The summed E-state index contributed by atoms with van der Waals surface area (Å²) in [5.41, 5.74) is -0.217. The molecule has 2 N–H and O–H groups in total. The van der Waals surface area contributed by atoms with Gasteiger partial charge >= 0.3 is 12.0 Å². The lowest BCUT2D eigenvalue weighted by Crippen LogP contribution is -2.53. The summed E-state index contributed by atoms with van der Waals surface area (Å²) in [5.74, 6) is -0.897. The minimum absolute atomic E-state index is 0.0450. The highest BCUT2D eigenvalue weighted by Crippen LogP contribution is 2.34. The van der Waals surface area contributed by atoms with Gasteiger partial charge in [-0.3, -0.25) is 4.79 Å². The predicted molar refractivity (Wildman–Crippen MR) is 71.1 cm³/mol. The molecule has 0 spiro atoms. The molecule has 1 rings (SSSR count). The minimum atomic E-state index is -0.897. The molecule has 6 nitrogen and oxygen atoms in total. The summed E-state index contributed by atoms with van der Waals surface area (Å²) in [6.07, 6.45) is 2.99. The number of hydrogen-bond donors (Lipinski definition) is 2. The van der Waals surface area contributed by atoms with E-state index in [-0.39, 0.29) is 24.1 Å². The van der Waals surface area contributed by atoms with Crippen molar-refractivity contribution < 1.29 is 19.4 Å². The third kappa shape index (κ3) is 4.09. The number of carbonyl (C=O) groups is 2. The Balaban J connectivity index is 2.47. The van der Waals surface area contributed by atoms with Crippen molar-refractivity contribution in [3.63, 3.8) is 0 Å². The van der Waals surface area contributed by atoms with Crippen LogP contribution in [0, 0.1) is 0 Å². The Morgan fingerprint density at radius 2 is 2.11 bits per heavy atom. The van der Waals surface area contributed by atoms with Crippen molar-refractivity contribution >= 4 is 12.0 Å². The lowest BCUT2D eigenvalue weighted by Gasteiger charge is -2.41. The summed E-state index contributed by atoms with van der Waals surface area (Å²) in [5, 5.41) is 11.6. The normalized spacial score (nSPS) is 18.3. The number of nitrogens with one attached hydrogen (secondary N) is 1. The average Bonchev–Trinajstić information content (AvgIpc) is 2.28. The molecular weight excluding hydrogens is 248 g/mol. The molecule has 1 atom stereocenters. The number of ether oxygens (including phenoxy) is 1. The zero-order chi connectivity index (χ0) is 14.5. The Kier molecular flexibility index (Phi) is 5.60. The van der Waals surface area contributed by atoms with Crippen LogP contribution in [-0.2, 0) is 9.53 Å². The molecule has 1 fully saturated rings. The van der Waals surface area contributed by atoms with Gasteiger partial charge in [0.15, 0.2) is 0 Å². The molecule has 1 saturated carbocycles. The van der Waals surface area contributed by atoms with Gasteiger partial charge in [0.2, 0.25) is 0 Å². The van der Waals surface area contributed by atoms with Gasteiger partial charge in [-0.05, 0) is 33.1 Å². The van der Waals surface area contributed by atoms with Crippen molar-refractivity contribution in [1.29, 1.82) is 0 Å². The SMILES string of the molecule is CCN(C(=O)NCC1(OC)CCC1)C(C)CC(=O)O. The Hall–Kier alpha value is -1.30. The molecule has 1 aliphatic rings. The van der Waals surface area contributed by atoms with Gasteiger partial charge in [-0.1, -0.05) is 0 Å². The number of rotatable bonds is 7. The Morgan fingerprint density at radius 3 is 2.47 bits per heavy atom. The summed E-state index contributed by atoms with van der Waals surface area (Å²) >= 11 is 0. The highest BCUT2D eigenvalue weighted by atomic mass is 16.5. The summed E-state index contributed by atoms with van der Waals surface area (Å²) in [4.78, 5) is 24.3. The van der Waals surface area contributed by atoms with Crippen LogP contribution < -0.4 is 5.32 Å². The highest BCUT2D eigenvalue weighted by molar-refractivity contribution is 5.76. The molecule has 0 saturated heterocycles. The number of carboxylic acid groups (broad SMARTS) is 1. The van der Waals surface area contributed by atoms with Crippen LogP contribution in [0.2, 0.25) is 0 Å². The molecule has 0 aromatic rings. The Labute approximate surface area is 114 Å². The number of amides is 2. The molecule has 0 heterocycles. The van der Waals surface area contributed by atoms with Crippen LogP contribution in [0.4, 0.5) is 4.79 Å². The van der Waals surface area contributed by atoms with Gasteiger partial charge in [0.05, 0.1) is 12.0 Å². The first kappa shape index (κ1) is 15.8. The fourth-order valence-corrected chi connectivity index (χ4v) is 2.38. The van der Waals surface area contributed by atoms with Gasteiger partial charge in [-0.15, -0.1) is 0 Å². The third-order valence-corrected chi connectivity index (χ3v) is 3.86. The number of carbonyl (C=O) groups excluding carboxylic acids is 1. The summed E-state index contributed by atoms with van der Waals surface area (Å²) in [7, 11) is 1.66. The molecule has 19 heavy (non-hydrogen) atoms. The zero-order valence-electron chi connectivity index (χ0n) is 11.9. The van der Waals surface area contributed by atoms with E-state index in [1.54, 1.807) is 14.0 Å². The number of methoxy groups -OCH3 is 1. The summed E-state index contributed by atoms with van der Waals surface area (Å²) in [6.45, 7) is 4.55. The van der Waals surface area contributed by atoms with Gasteiger partial charge in [0.25, 0.3) is 0 Å². The van der Waals surface area contributed by atoms with Crippen molar-refractivity contribution in [3.05, 3.63) is 0 Å². The monoisotopic (exact) mass is 272 g/mol. The predicted octanol–water partition coefficient (Wildman–Crippen LogP) is 1.45. The quantitative estimate of drug-likeness (QED) is 0.735. The standard InChI is InChI=1S/C13H24N2O4/c1-4-15(10(2)8-11(16)17)12(18)14-9-13(19-3)6-5-7-13/h10H,4-9H2,1-3H3,(H,14,18)(H,16,17). The number of urea groups is 1. The molecule has 0 aliphatic heterocycles. The minimum Gasteiger partial charge on any atom is -0.481 e. The second-order valence-electron chi connectivity index (χ2n) is 5.13. The molecule has 6 heteroatoms. The van der Waals surface area contributed by atoms with Crippen LogP contribution in [-0.4, -0.2) is 53.8 Å². The van der Waals surface area contributed by atoms with Crippen molar-refractivity contribution in [3.8, 4) is 0 Å². The van der Waals surface area contributed by atoms with Crippen LogP contribution in [0.5, 0.6) is 0 Å². The number of hydrogen-bond acceptors (Lipinski definition) is 3. The van der Waals surface area contributed by atoms with Gasteiger partial charge in [-0.25, -0.2) is 4.79 Å². The lowest BCUT2D eigenvalue weighted by atomic mass is 9.80. The van der Waals surface area contributed by atoms with Crippen LogP contribution in [0.15, 0.2) is 0 Å². The summed E-state index contributed by atoms with van der Waals surface area (Å²) < 4.78 is 5.44. The lowest BCUT2D eigenvalue weighted by molar-refractivity contribution is -0.138. The van der Waals surface area contributed by atoms with Crippen LogP contribution in [0.1, 0.15) is 39.5 Å². The topological polar surface area (TPSA) is 78.9 Å². The van der Waals surface area contributed by atoms with Crippen LogP contribution in [0.3, 0.4) is 0 Å². The van der Waals surface area contributed by atoms with E-state index in [2.05, 4.69) is 5.32 Å². The molecule has 110 valence electrons. The smallest absolute Gasteiger partial charge is 0.317 e. The third-order valence-electron chi connectivity index (χ3n) is 3.86. The molecule has 1 unspecified atom stereocenters. The van der Waals surface area contributed by atoms with E-state index in [1.165, 1.54) is 4.90 Å². The fraction of sp³-hybridized carbons (Fsp3) is 0.846. The first-order chi connectivity index (χ1) is 8.94. The maximum absolute atomic E-state index is 12.1. The maximum atomic E-state index is 12.1. The van der Waals surface area contributed by atoms with E-state index in [9.17, 15) is 9.59 Å². The number of carboxylic acids is 1. The molecule has 0 aromatic heterocycles. The van der Waals surface area contributed by atoms with E-state index >= 15 is 0 Å². The van der Waals surface area contributed by atoms with Crippen molar-refractivity contribution in [2.24, 2.45) is 0 Å². The van der Waals surface area contributed by atoms with Crippen molar-refractivity contribution in [2.75, 3.05) is 20.2 Å². The van der Waals surface area contributed by atoms with Crippen LogP contribution >= 0.6 is 0 Å². The largest absolute Gasteiger partial charge is 0.481 e. The van der Waals surface area contributed by atoms with E-state index < -0.39 is 5.97 Å². The van der Waals surface area contributed by atoms with E-state index in [1.807, 2.05) is 6.92 Å². The molecule has 0 radical (unpaired) electrons. The molecular formula is C13H24N2O4. The van der Waals surface area contributed by atoms with Gasteiger partial charge < -0.3 is 20.1 Å². The Bertz CT molecular complexity index is 323. The molecule has 2 amide bonds. The van der Waals surface area contributed by atoms with Crippen molar-refractivity contribution in [2.45, 2.75) is 51.2 Å².